The second-order valence-electron chi connectivity index (χ2n) is 3.25. The van der Waals surface area contributed by atoms with Crippen LogP contribution in [0.3, 0.4) is 0 Å². The van der Waals surface area contributed by atoms with E-state index in [2.05, 4.69) is 0 Å². The second kappa shape index (κ2) is 5.46. The zero-order chi connectivity index (χ0) is 13.1. The van der Waals surface area contributed by atoms with Crippen LogP contribution in [-0.2, 0) is 21.4 Å². The monoisotopic (exact) mass is 277 g/mol. The topological polar surface area (TPSA) is 115 Å². The van der Waals surface area contributed by atoms with Crippen molar-refractivity contribution in [1.29, 1.82) is 0 Å². The van der Waals surface area contributed by atoms with Crippen molar-refractivity contribution in [3.8, 4) is 0 Å². The molecule has 6 nitrogen and oxygen atoms in total. The number of primary amides is 1. The normalized spacial score (nSPS) is 11.4. The Kier molecular flexibility index (Phi) is 4.47. The molecule has 17 heavy (non-hydrogen) atoms. The molecule has 1 amide bonds. The number of amides is 1. The molecule has 0 spiro atoms. The predicted octanol–water partition coefficient (Wildman–Crippen LogP) is -0.438. The molecule has 0 radical (unpaired) electrons. The Balaban J connectivity index is 2.99. The summed E-state index contributed by atoms with van der Waals surface area (Å²) >= 11 is 5.83. The molecule has 0 heterocycles. The van der Waals surface area contributed by atoms with E-state index >= 15 is 0 Å². The van der Waals surface area contributed by atoms with Crippen LogP contribution in [0.4, 0.5) is 0 Å². The van der Waals surface area contributed by atoms with Gasteiger partial charge in [0.15, 0.2) is 0 Å². The lowest BCUT2D eigenvalue weighted by atomic mass is 10.2. The van der Waals surface area contributed by atoms with E-state index in [1.807, 2.05) is 4.72 Å². The maximum atomic E-state index is 11.7. The summed E-state index contributed by atoms with van der Waals surface area (Å²) in [5, 5.41) is 0.259. The van der Waals surface area contributed by atoms with Crippen molar-refractivity contribution in [1.82, 2.24) is 4.72 Å². The lowest BCUT2D eigenvalue weighted by Gasteiger charge is -2.07. The molecule has 1 aromatic carbocycles. The van der Waals surface area contributed by atoms with Gasteiger partial charge in [0.2, 0.25) is 15.9 Å². The molecule has 0 aliphatic carbocycles. The van der Waals surface area contributed by atoms with Crippen molar-refractivity contribution in [3.63, 3.8) is 0 Å². The molecule has 0 saturated heterocycles. The van der Waals surface area contributed by atoms with E-state index in [1.165, 1.54) is 18.2 Å². The van der Waals surface area contributed by atoms with Crippen molar-refractivity contribution >= 4 is 27.5 Å². The van der Waals surface area contributed by atoms with E-state index in [4.69, 9.17) is 23.1 Å². The number of rotatable bonds is 5. The molecule has 1 aromatic rings. The lowest BCUT2D eigenvalue weighted by Crippen LogP contribution is -2.33. The highest BCUT2D eigenvalue weighted by Gasteiger charge is 2.15. The van der Waals surface area contributed by atoms with Gasteiger partial charge in [-0.15, -0.1) is 0 Å². The van der Waals surface area contributed by atoms with Gasteiger partial charge in [-0.1, -0.05) is 17.7 Å². The van der Waals surface area contributed by atoms with Gasteiger partial charge in [0.05, 0.1) is 11.4 Å². The number of hydrogen-bond acceptors (Lipinski definition) is 4. The standard InChI is InChI=1S/C9H12ClN3O3S/c10-8-3-7(2-1-6(8)4-11)17(15,16)13-5-9(12)14/h1-3,13H,4-5,11H2,(H2,12,14). The summed E-state index contributed by atoms with van der Waals surface area (Å²) < 4.78 is 25.4. The fraction of sp³-hybridized carbons (Fsp3) is 0.222. The minimum absolute atomic E-state index is 0.0408. The van der Waals surface area contributed by atoms with Gasteiger partial charge in [0, 0.05) is 11.6 Å². The van der Waals surface area contributed by atoms with Crippen LogP contribution in [0.25, 0.3) is 0 Å². The molecule has 0 saturated carbocycles. The Morgan fingerprint density at radius 1 is 1.41 bits per heavy atom. The Morgan fingerprint density at radius 2 is 2.06 bits per heavy atom. The van der Waals surface area contributed by atoms with Crippen LogP contribution in [0, 0.1) is 0 Å². The summed E-state index contributed by atoms with van der Waals surface area (Å²) in [5.74, 6) is -0.766. The molecule has 0 aliphatic heterocycles. The first kappa shape index (κ1) is 13.9. The highest BCUT2D eigenvalue weighted by Crippen LogP contribution is 2.20. The second-order valence-corrected chi connectivity index (χ2v) is 5.42. The van der Waals surface area contributed by atoms with Crippen LogP contribution in [0.1, 0.15) is 5.56 Å². The molecule has 1 rings (SSSR count). The van der Waals surface area contributed by atoms with Gasteiger partial charge in [-0.25, -0.2) is 13.1 Å². The molecule has 0 aliphatic rings. The first-order valence-corrected chi connectivity index (χ1v) is 6.49. The van der Waals surface area contributed by atoms with Gasteiger partial charge in [0.1, 0.15) is 0 Å². The quantitative estimate of drug-likeness (QED) is 0.677. The number of carbonyl (C=O) groups excluding carboxylic acids is 1. The van der Waals surface area contributed by atoms with Crippen molar-refractivity contribution in [2.24, 2.45) is 11.5 Å². The van der Waals surface area contributed by atoms with Crippen LogP contribution >= 0.6 is 11.6 Å². The minimum Gasteiger partial charge on any atom is -0.369 e. The SMILES string of the molecule is NCc1ccc(S(=O)(=O)NCC(N)=O)cc1Cl. The molecule has 0 fully saturated rings. The van der Waals surface area contributed by atoms with Crippen LogP contribution in [0.2, 0.25) is 5.02 Å². The van der Waals surface area contributed by atoms with Gasteiger partial charge in [0.25, 0.3) is 0 Å². The number of nitrogens with two attached hydrogens (primary N) is 2. The van der Waals surface area contributed by atoms with Crippen molar-refractivity contribution in [2.75, 3.05) is 6.54 Å². The molecule has 94 valence electrons. The highest BCUT2D eigenvalue weighted by molar-refractivity contribution is 7.89. The molecule has 8 heteroatoms. The zero-order valence-corrected chi connectivity index (χ0v) is 10.4. The number of halogens is 1. The van der Waals surface area contributed by atoms with Crippen molar-refractivity contribution in [2.45, 2.75) is 11.4 Å². The molecule has 0 atom stereocenters. The van der Waals surface area contributed by atoms with E-state index in [0.717, 1.165) is 0 Å². The third-order valence-corrected chi connectivity index (χ3v) is 3.74. The number of benzene rings is 1. The van der Waals surface area contributed by atoms with E-state index in [1.54, 1.807) is 0 Å². The maximum Gasteiger partial charge on any atom is 0.241 e. The van der Waals surface area contributed by atoms with Crippen LogP contribution in [0.15, 0.2) is 23.1 Å². The smallest absolute Gasteiger partial charge is 0.241 e. The summed E-state index contributed by atoms with van der Waals surface area (Å²) in [6.07, 6.45) is 0. The van der Waals surface area contributed by atoms with Crippen LogP contribution in [-0.4, -0.2) is 20.9 Å². The van der Waals surface area contributed by atoms with E-state index in [0.29, 0.717) is 5.56 Å². The van der Waals surface area contributed by atoms with E-state index in [-0.39, 0.29) is 16.5 Å². The fourth-order valence-electron chi connectivity index (χ4n) is 1.11. The maximum absolute atomic E-state index is 11.7. The minimum atomic E-state index is -3.78. The van der Waals surface area contributed by atoms with Crippen molar-refractivity contribution in [3.05, 3.63) is 28.8 Å². The molecule has 5 N–H and O–H groups in total. The molecule has 0 aromatic heterocycles. The molecular formula is C9H12ClN3O3S. The Hall–Kier alpha value is -1.15. The zero-order valence-electron chi connectivity index (χ0n) is 8.81. The Morgan fingerprint density at radius 3 is 2.53 bits per heavy atom. The number of nitrogens with one attached hydrogen (secondary N) is 1. The highest BCUT2D eigenvalue weighted by atomic mass is 35.5. The van der Waals surface area contributed by atoms with Gasteiger partial charge in [-0.3, -0.25) is 4.79 Å². The summed E-state index contributed by atoms with van der Waals surface area (Å²) in [7, 11) is -3.78. The average molecular weight is 278 g/mol. The number of sulfonamides is 1. The third kappa shape index (κ3) is 3.67. The molecule has 0 unspecified atom stereocenters. The summed E-state index contributed by atoms with van der Waals surface area (Å²) in [6, 6.07) is 4.14. The van der Waals surface area contributed by atoms with Gasteiger partial charge < -0.3 is 11.5 Å². The van der Waals surface area contributed by atoms with Gasteiger partial charge in [-0.2, -0.15) is 0 Å². The molecular weight excluding hydrogens is 266 g/mol. The third-order valence-electron chi connectivity index (χ3n) is 1.99. The largest absolute Gasteiger partial charge is 0.369 e. The van der Waals surface area contributed by atoms with Crippen LogP contribution < -0.4 is 16.2 Å². The Labute approximate surface area is 104 Å². The first-order chi connectivity index (χ1) is 7.86. The predicted molar refractivity (Wildman–Crippen MR) is 63.7 cm³/mol. The Bertz CT molecular complexity index is 530. The first-order valence-electron chi connectivity index (χ1n) is 4.63. The van der Waals surface area contributed by atoms with E-state index in [9.17, 15) is 13.2 Å². The number of carbonyl (C=O) groups is 1. The van der Waals surface area contributed by atoms with Crippen LogP contribution in [0.5, 0.6) is 0 Å². The van der Waals surface area contributed by atoms with Gasteiger partial charge in [-0.05, 0) is 17.7 Å². The fourth-order valence-corrected chi connectivity index (χ4v) is 2.45. The van der Waals surface area contributed by atoms with Crippen molar-refractivity contribution < 1.29 is 13.2 Å². The van der Waals surface area contributed by atoms with E-state index < -0.39 is 22.5 Å². The summed E-state index contributed by atoms with van der Waals surface area (Å²) in [4.78, 5) is 10.5. The summed E-state index contributed by atoms with van der Waals surface area (Å²) in [5.41, 5.74) is 10.9. The molecule has 0 bridgehead atoms. The average Bonchev–Trinajstić information content (AvgIpc) is 2.26. The van der Waals surface area contributed by atoms with Gasteiger partial charge >= 0.3 is 0 Å². The number of hydrogen-bond donors (Lipinski definition) is 3. The lowest BCUT2D eigenvalue weighted by molar-refractivity contribution is -0.116. The summed E-state index contributed by atoms with van der Waals surface area (Å²) in [6.45, 7) is -0.244.